The van der Waals surface area contributed by atoms with E-state index in [1.54, 1.807) is 49.0 Å². The van der Waals surface area contributed by atoms with Crippen molar-refractivity contribution in [3.8, 4) is 11.5 Å². The van der Waals surface area contributed by atoms with Gasteiger partial charge in [0.25, 0.3) is 11.8 Å². The molecule has 3 N–H and O–H groups in total. The van der Waals surface area contributed by atoms with Crippen LogP contribution in [-0.4, -0.2) is 28.0 Å². The van der Waals surface area contributed by atoms with Gasteiger partial charge in [0.15, 0.2) is 5.75 Å². The van der Waals surface area contributed by atoms with Crippen molar-refractivity contribution in [3.05, 3.63) is 59.1 Å². The van der Waals surface area contributed by atoms with E-state index in [4.69, 9.17) is 14.9 Å². The van der Waals surface area contributed by atoms with Gasteiger partial charge < -0.3 is 20.2 Å². The number of amides is 2. The Bertz CT molecular complexity index is 1350. The summed E-state index contributed by atoms with van der Waals surface area (Å²) in [5.41, 5.74) is 8.33. The van der Waals surface area contributed by atoms with Gasteiger partial charge in [0.05, 0.1) is 17.3 Å². The highest BCUT2D eigenvalue weighted by molar-refractivity contribution is 6.07. The molecule has 0 bridgehead atoms. The van der Waals surface area contributed by atoms with Gasteiger partial charge in [0, 0.05) is 30.3 Å². The van der Waals surface area contributed by atoms with Crippen LogP contribution in [0.25, 0.3) is 16.5 Å². The third kappa shape index (κ3) is 3.39. The Labute approximate surface area is 178 Å². The van der Waals surface area contributed by atoms with Gasteiger partial charge in [-0.2, -0.15) is 5.10 Å². The van der Waals surface area contributed by atoms with Crippen LogP contribution in [0.2, 0.25) is 0 Å². The van der Waals surface area contributed by atoms with Crippen LogP contribution in [0, 0.1) is 19.8 Å². The molecule has 158 valence electrons. The lowest BCUT2D eigenvalue weighted by atomic mass is 10.1. The summed E-state index contributed by atoms with van der Waals surface area (Å²) in [6, 6.07) is 7.09. The molecule has 3 aromatic heterocycles. The van der Waals surface area contributed by atoms with Gasteiger partial charge >= 0.3 is 0 Å². The Morgan fingerprint density at radius 3 is 2.84 bits per heavy atom. The number of fused-ring (bicyclic) bond motifs is 2. The van der Waals surface area contributed by atoms with E-state index in [2.05, 4.69) is 10.4 Å². The lowest BCUT2D eigenvalue weighted by Crippen LogP contribution is -2.25. The van der Waals surface area contributed by atoms with Gasteiger partial charge in [-0.15, -0.1) is 0 Å². The molecule has 1 aliphatic carbocycles. The van der Waals surface area contributed by atoms with Crippen molar-refractivity contribution in [2.75, 3.05) is 6.54 Å². The van der Waals surface area contributed by atoms with E-state index < -0.39 is 5.91 Å². The fraction of sp³-hybridized carbons (Fsp3) is 0.261. The van der Waals surface area contributed by atoms with Crippen molar-refractivity contribution < 1.29 is 18.7 Å². The maximum Gasteiger partial charge on any atom is 0.255 e. The fourth-order valence-electron chi connectivity index (χ4n) is 3.87. The number of primary amides is 1. The molecule has 3 heterocycles. The largest absolute Gasteiger partial charge is 0.460 e. The van der Waals surface area contributed by atoms with Crippen molar-refractivity contribution in [2.24, 2.45) is 11.7 Å². The number of furan rings is 1. The number of hydrogen-bond acceptors (Lipinski definition) is 5. The molecule has 1 saturated carbocycles. The topological polar surface area (TPSA) is 112 Å². The summed E-state index contributed by atoms with van der Waals surface area (Å²) in [4.78, 5) is 24.3. The summed E-state index contributed by atoms with van der Waals surface area (Å²) < 4.78 is 13.5. The number of aromatic nitrogens is 2. The number of nitrogens with zero attached hydrogens (tertiary/aromatic N) is 2. The molecular weight excluding hydrogens is 396 g/mol. The number of benzene rings is 1. The van der Waals surface area contributed by atoms with Crippen LogP contribution in [0.5, 0.6) is 11.5 Å². The lowest BCUT2D eigenvalue weighted by Gasteiger charge is -2.08. The lowest BCUT2D eigenvalue weighted by molar-refractivity contribution is 0.0950. The average Bonchev–Trinajstić information content (AvgIpc) is 3.42. The van der Waals surface area contributed by atoms with Crippen LogP contribution in [-0.2, 0) is 0 Å². The number of hydrogen-bond donors (Lipinski definition) is 2. The number of nitrogens with one attached hydrogen (secondary N) is 1. The zero-order valence-corrected chi connectivity index (χ0v) is 17.3. The SMILES string of the molecule is Cc1oc2cc(Oc3ccnn4cc(C(N)=O)c(C)c34)ccc2c1C(=O)NCC1CC1. The minimum atomic E-state index is -0.520. The first-order chi connectivity index (χ1) is 14.9. The molecule has 0 spiro atoms. The van der Waals surface area contributed by atoms with E-state index >= 15 is 0 Å². The van der Waals surface area contributed by atoms with Gasteiger partial charge in [-0.3, -0.25) is 9.59 Å². The maximum atomic E-state index is 12.6. The Hall–Kier alpha value is -3.81. The Morgan fingerprint density at radius 2 is 2.10 bits per heavy atom. The second-order valence-corrected chi connectivity index (χ2v) is 7.97. The summed E-state index contributed by atoms with van der Waals surface area (Å²) >= 11 is 0. The fourth-order valence-corrected chi connectivity index (χ4v) is 3.87. The first-order valence-electron chi connectivity index (χ1n) is 10.2. The Kier molecular flexibility index (Phi) is 4.43. The van der Waals surface area contributed by atoms with Gasteiger partial charge in [-0.05, 0) is 50.3 Å². The minimum Gasteiger partial charge on any atom is -0.460 e. The molecule has 8 heteroatoms. The maximum absolute atomic E-state index is 12.6. The van der Waals surface area contributed by atoms with Gasteiger partial charge in [0.1, 0.15) is 22.6 Å². The Balaban J connectivity index is 1.48. The summed E-state index contributed by atoms with van der Waals surface area (Å²) in [6.45, 7) is 4.29. The molecule has 1 aliphatic rings. The monoisotopic (exact) mass is 418 g/mol. The molecular formula is C23H22N4O4. The van der Waals surface area contributed by atoms with Crippen LogP contribution >= 0.6 is 0 Å². The van der Waals surface area contributed by atoms with Crippen LogP contribution in [0.4, 0.5) is 0 Å². The zero-order chi connectivity index (χ0) is 21.7. The third-order valence-corrected chi connectivity index (χ3v) is 5.70. The number of nitrogens with two attached hydrogens (primary N) is 1. The van der Waals surface area contributed by atoms with Crippen LogP contribution < -0.4 is 15.8 Å². The quantitative estimate of drug-likeness (QED) is 0.496. The van der Waals surface area contributed by atoms with Crippen LogP contribution in [0.1, 0.15) is 44.9 Å². The normalized spacial score (nSPS) is 13.6. The average molecular weight is 418 g/mol. The smallest absolute Gasteiger partial charge is 0.255 e. The third-order valence-electron chi connectivity index (χ3n) is 5.70. The summed E-state index contributed by atoms with van der Waals surface area (Å²) in [5.74, 6) is 1.61. The molecule has 8 nitrogen and oxygen atoms in total. The standard InChI is InChI=1S/C23H22N4O4/c1-12-17(22(24)28)11-27-21(12)18(7-8-26-27)31-15-5-6-16-19(9-15)30-13(2)20(16)23(29)25-10-14-3-4-14/h5-9,11,14H,3-4,10H2,1-2H3,(H2,24,28)(H,25,29). The predicted octanol–water partition coefficient (Wildman–Crippen LogP) is 3.73. The van der Waals surface area contributed by atoms with Crippen LogP contribution in [0.15, 0.2) is 41.1 Å². The Morgan fingerprint density at radius 1 is 1.29 bits per heavy atom. The molecule has 1 aromatic carbocycles. The molecule has 0 saturated heterocycles. The van der Waals surface area contributed by atoms with Gasteiger partial charge in [-0.1, -0.05) is 0 Å². The summed E-state index contributed by atoms with van der Waals surface area (Å²) in [6.07, 6.45) is 5.53. The molecule has 0 unspecified atom stereocenters. The summed E-state index contributed by atoms with van der Waals surface area (Å²) in [7, 11) is 0. The van der Waals surface area contributed by atoms with Crippen LogP contribution in [0.3, 0.4) is 0 Å². The van der Waals surface area contributed by atoms with E-state index in [-0.39, 0.29) is 5.91 Å². The molecule has 4 aromatic rings. The van der Waals surface area contributed by atoms with Crippen molar-refractivity contribution in [1.29, 1.82) is 0 Å². The predicted molar refractivity (Wildman–Crippen MR) is 115 cm³/mol. The van der Waals surface area contributed by atoms with Gasteiger partial charge in [-0.25, -0.2) is 4.52 Å². The van der Waals surface area contributed by atoms with Crippen molar-refractivity contribution in [2.45, 2.75) is 26.7 Å². The molecule has 0 aliphatic heterocycles. The minimum absolute atomic E-state index is 0.115. The van der Waals surface area contributed by atoms with E-state index in [1.165, 1.54) is 12.8 Å². The van der Waals surface area contributed by atoms with E-state index in [1.807, 2.05) is 6.07 Å². The van der Waals surface area contributed by atoms with E-state index in [0.717, 1.165) is 5.39 Å². The van der Waals surface area contributed by atoms with Crippen molar-refractivity contribution in [1.82, 2.24) is 14.9 Å². The second kappa shape index (κ2) is 7.16. The number of carbonyl (C=O) groups is 2. The molecule has 0 atom stereocenters. The molecule has 0 radical (unpaired) electrons. The highest BCUT2D eigenvalue weighted by Crippen LogP contribution is 2.34. The molecule has 31 heavy (non-hydrogen) atoms. The molecule has 5 rings (SSSR count). The van der Waals surface area contributed by atoms with E-state index in [9.17, 15) is 9.59 Å². The first-order valence-corrected chi connectivity index (χ1v) is 10.2. The molecule has 1 fully saturated rings. The number of aryl methyl sites for hydroxylation is 2. The summed E-state index contributed by atoms with van der Waals surface area (Å²) in [5, 5.41) is 7.97. The number of rotatable bonds is 6. The van der Waals surface area contributed by atoms with Crippen molar-refractivity contribution in [3.63, 3.8) is 0 Å². The second-order valence-electron chi connectivity index (χ2n) is 7.97. The number of ether oxygens (including phenoxy) is 1. The first kappa shape index (κ1) is 19.2. The zero-order valence-electron chi connectivity index (χ0n) is 17.3. The van der Waals surface area contributed by atoms with E-state index in [0.29, 0.717) is 57.5 Å². The number of carbonyl (C=O) groups excluding carboxylic acids is 2. The van der Waals surface area contributed by atoms with Crippen molar-refractivity contribution >= 4 is 28.3 Å². The highest BCUT2D eigenvalue weighted by Gasteiger charge is 2.24. The van der Waals surface area contributed by atoms with Gasteiger partial charge in [0.2, 0.25) is 0 Å². The molecule has 2 amide bonds. The highest BCUT2D eigenvalue weighted by atomic mass is 16.5.